The topological polar surface area (TPSA) is 77.4 Å². The molecule has 4 aromatic carbocycles. The van der Waals surface area contributed by atoms with E-state index >= 15 is 0 Å². The number of ketones is 2. The molecule has 0 radical (unpaired) electrons. The number of Topliss-reactive ketones (excluding diaryl/α,β-unsaturated/α-hetero) is 2. The molecule has 0 aromatic heterocycles. The molecule has 4 aromatic rings. The van der Waals surface area contributed by atoms with Crippen molar-refractivity contribution in [3.05, 3.63) is 132 Å². The lowest BCUT2D eigenvalue weighted by molar-refractivity contribution is 0.105. The average Bonchev–Trinajstić information content (AvgIpc) is 2.98. The normalized spacial score (nSPS) is 18.3. The molecular weight excluding hydrogens is 500 g/mol. The van der Waals surface area contributed by atoms with Crippen molar-refractivity contribution in [1.29, 1.82) is 0 Å². The third kappa shape index (κ3) is 4.60. The number of halogens is 2. The second-order valence-corrected chi connectivity index (χ2v) is 8.97. The Morgan fingerprint density at radius 1 is 0.564 bits per heavy atom. The number of hydrogen-bond acceptors (Lipinski definition) is 7. The minimum atomic E-state index is -0.834. The van der Waals surface area contributed by atoms with Crippen LogP contribution in [-0.4, -0.2) is 35.3 Å². The second-order valence-electron chi connectivity index (χ2n) is 8.97. The molecule has 0 spiro atoms. The van der Waals surface area contributed by atoms with Crippen LogP contribution in [0.5, 0.6) is 0 Å². The van der Waals surface area contributed by atoms with Crippen LogP contribution in [0.4, 0.5) is 20.2 Å². The quantitative estimate of drug-likeness (QED) is 0.361. The lowest BCUT2D eigenvalue weighted by atomic mass is 9.99. The zero-order valence-electron chi connectivity index (χ0n) is 20.4. The molecular formula is C30H21F2N5O2. The monoisotopic (exact) mass is 521 g/mol. The molecule has 1 N–H and O–H groups in total. The van der Waals surface area contributed by atoms with Gasteiger partial charge in [0.05, 0.1) is 11.4 Å². The van der Waals surface area contributed by atoms with Crippen LogP contribution in [0.3, 0.4) is 0 Å². The van der Waals surface area contributed by atoms with Gasteiger partial charge in [-0.15, -0.1) is 0 Å². The highest BCUT2D eigenvalue weighted by Crippen LogP contribution is 2.30. The molecule has 9 heteroatoms. The van der Waals surface area contributed by atoms with Crippen LogP contribution in [0.1, 0.15) is 20.7 Å². The summed E-state index contributed by atoms with van der Waals surface area (Å²) in [6.45, 7) is 0. The van der Waals surface area contributed by atoms with Crippen molar-refractivity contribution in [2.75, 3.05) is 10.0 Å². The van der Waals surface area contributed by atoms with Crippen LogP contribution in [0.25, 0.3) is 0 Å². The number of benzene rings is 4. The van der Waals surface area contributed by atoms with Gasteiger partial charge in [-0.25, -0.2) is 18.8 Å². The molecule has 2 bridgehead atoms. The summed E-state index contributed by atoms with van der Waals surface area (Å²) >= 11 is 0. The molecule has 7 nitrogen and oxygen atoms in total. The van der Waals surface area contributed by atoms with Crippen LogP contribution in [0.15, 0.2) is 119 Å². The van der Waals surface area contributed by atoms with Gasteiger partial charge in [0.25, 0.3) is 0 Å². The Hall–Kier alpha value is -5.02. The van der Waals surface area contributed by atoms with E-state index in [4.69, 9.17) is 10.2 Å². The summed E-state index contributed by atoms with van der Waals surface area (Å²) in [5.74, 6) is -1.76. The molecule has 2 heterocycles. The van der Waals surface area contributed by atoms with Crippen LogP contribution in [0.2, 0.25) is 0 Å². The predicted molar refractivity (Wildman–Crippen MR) is 145 cm³/mol. The minimum absolute atomic E-state index is 0.114. The van der Waals surface area contributed by atoms with Crippen LogP contribution in [-0.2, 0) is 0 Å². The standard InChI is InChI=1S/C30H21F2N5O2/c31-21-15-11-19(12-16-21)27(38)25-29-33-30(37(35-25)24-9-5-2-6-10-24)26(28(39)20-13-17-22(32)18-14-20)34-36(29)23-7-3-1-4-8-23/h1-18,29-30,33H/t29-,30-/m1/s1. The van der Waals surface area contributed by atoms with E-state index in [-0.39, 0.29) is 22.6 Å². The summed E-state index contributed by atoms with van der Waals surface area (Å²) in [7, 11) is 0. The lowest BCUT2D eigenvalue weighted by Gasteiger charge is -2.45. The van der Waals surface area contributed by atoms with Gasteiger partial charge in [-0.1, -0.05) is 36.4 Å². The molecule has 2 aliphatic heterocycles. The second kappa shape index (κ2) is 10.0. The van der Waals surface area contributed by atoms with Crippen LogP contribution < -0.4 is 15.3 Å². The molecule has 39 heavy (non-hydrogen) atoms. The summed E-state index contributed by atoms with van der Waals surface area (Å²) in [6.07, 6.45) is -1.67. The first-order chi connectivity index (χ1) is 19.0. The zero-order valence-corrected chi connectivity index (χ0v) is 20.4. The number of carbonyl (C=O) groups excluding carboxylic acids is 2. The number of hydrogen-bond donors (Lipinski definition) is 1. The molecule has 0 saturated heterocycles. The Morgan fingerprint density at radius 3 is 1.28 bits per heavy atom. The van der Waals surface area contributed by atoms with Crippen molar-refractivity contribution in [2.24, 2.45) is 10.2 Å². The first kappa shape index (κ1) is 24.3. The van der Waals surface area contributed by atoms with Crippen LogP contribution in [0, 0.1) is 11.6 Å². The van der Waals surface area contributed by atoms with Crippen molar-refractivity contribution in [3.63, 3.8) is 0 Å². The lowest BCUT2D eigenvalue weighted by Crippen LogP contribution is -2.69. The molecule has 0 saturated carbocycles. The SMILES string of the molecule is O=C(C1=NN(c2ccccc2)[C@H]2N[C@@H]1N(c1ccccc1)N=C2C(=O)c1ccc(F)cc1)c1ccc(F)cc1. The number of nitrogens with zero attached hydrogens (tertiary/aromatic N) is 4. The maximum atomic E-state index is 13.7. The van der Waals surface area contributed by atoms with Crippen molar-refractivity contribution in [1.82, 2.24) is 5.32 Å². The summed E-state index contributed by atoms with van der Waals surface area (Å²) in [5.41, 5.74) is 1.98. The summed E-state index contributed by atoms with van der Waals surface area (Å²) in [4.78, 5) is 27.5. The van der Waals surface area contributed by atoms with E-state index < -0.39 is 35.5 Å². The van der Waals surface area contributed by atoms with Gasteiger partial charge in [0.15, 0.2) is 12.3 Å². The molecule has 2 atom stereocenters. The van der Waals surface area contributed by atoms with Gasteiger partial charge < -0.3 is 0 Å². The van der Waals surface area contributed by atoms with E-state index in [0.29, 0.717) is 11.4 Å². The van der Waals surface area contributed by atoms with E-state index in [1.54, 1.807) is 24.3 Å². The van der Waals surface area contributed by atoms with Gasteiger partial charge in [-0.2, -0.15) is 10.2 Å². The number of para-hydroxylation sites is 2. The number of rotatable bonds is 6. The Kier molecular flexibility index (Phi) is 6.26. The highest BCUT2D eigenvalue weighted by Gasteiger charge is 2.46. The fraction of sp³-hybridized carbons (Fsp3) is 0.0667. The minimum Gasteiger partial charge on any atom is -0.287 e. The zero-order chi connectivity index (χ0) is 26.9. The number of anilines is 2. The highest BCUT2D eigenvalue weighted by molar-refractivity contribution is 6.51. The fourth-order valence-corrected chi connectivity index (χ4v) is 4.55. The van der Waals surface area contributed by atoms with Gasteiger partial charge in [0.2, 0.25) is 11.6 Å². The average molecular weight is 522 g/mol. The highest BCUT2D eigenvalue weighted by atomic mass is 19.1. The number of hydrazone groups is 2. The van der Waals surface area contributed by atoms with Crippen molar-refractivity contribution < 1.29 is 18.4 Å². The van der Waals surface area contributed by atoms with E-state index in [1.165, 1.54) is 58.5 Å². The summed E-state index contributed by atoms with van der Waals surface area (Å²) < 4.78 is 27.2. The molecule has 0 amide bonds. The predicted octanol–water partition coefficient (Wildman–Crippen LogP) is 5.02. The van der Waals surface area contributed by atoms with Gasteiger partial charge >= 0.3 is 0 Å². The molecule has 2 aliphatic rings. The van der Waals surface area contributed by atoms with Crippen molar-refractivity contribution in [2.45, 2.75) is 12.3 Å². The van der Waals surface area contributed by atoms with Gasteiger partial charge in [0, 0.05) is 11.1 Å². The maximum absolute atomic E-state index is 13.7. The Bertz CT molecular complexity index is 1470. The van der Waals surface area contributed by atoms with E-state index in [1.807, 2.05) is 36.4 Å². The number of carbonyl (C=O) groups is 2. The van der Waals surface area contributed by atoms with E-state index in [9.17, 15) is 18.4 Å². The molecule has 192 valence electrons. The third-order valence-corrected chi connectivity index (χ3v) is 6.47. The first-order valence-electron chi connectivity index (χ1n) is 12.2. The van der Waals surface area contributed by atoms with Crippen molar-refractivity contribution >= 4 is 34.4 Å². The third-order valence-electron chi connectivity index (χ3n) is 6.47. The smallest absolute Gasteiger partial charge is 0.212 e. The molecule has 0 aliphatic carbocycles. The number of fused-ring (bicyclic) bond motifs is 2. The van der Waals surface area contributed by atoms with E-state index in [0.717, 1.165) is 0 Å². The first-order valence-corrected chi connectivity index (χ1v) is 12.2. The Balaban J connectivity index is 1.51. The van der Waals surface area contributed by atoms with Gasteiger partial charge in [-0.3, -0.25) is 14.9 Å². The van der Waals surface area contributed by atoms with Crippen LogP contribution >= 0.6 is 0 Å². The maximum Gasteiger partial charge on any atom is 0.212 e. The van der Waals surface area contributed by atoms with E-state index in [2.05, 4.69) is 5.32 Å². The summed E-state index contributed by atoms with van der Waals surface area (Å²) in [6, 6.07) is 28.6. The Morgan fingerprint density at radius 2 is 0.923 bits per heavy atom. The molecule has 0 fully saturated rings. The fourth-order valence-electron chi connectivity index (χ4n) is 4.55. The molecule has 0 unspecified atom stereocenters. The van der Waals surface area contributed by atoms with Gasteiger partial charge in [0.1, 0.15) is 23.1 Å². The summed E-state index contributed by atoms with van der Waals surface area (Å²) in [5, 5.41) is 16.0. The number of nitrogens with one attached hydrogen (secondary N) is 1. The molecule has 6 rings (SSSR count). The van der Waals surface area contributed by atoms with Gasteiger partial charge in [-0.05, 0) is 72.8 Å². The van der Waals surface area contributed by atoms with Crippen molar-refractivity contribution in [3.8, 4) is 0 Å². The Labute approximate surface area is 222 Å². The largest absolute Gasteiger partial charge is 0.287 e.